The summed E-state index contributed by atoms with van der Waals surface area (Å²) in [5.41, 5.74) is 0.844. The first-order chi connectivity index (χ1) is 17.2. The maximum atomic E-state index is 13.0. The lowest BCUT2D eigenvalue weighted by Gasteiger charge is -2.44. The highest BCUT2D eigenvalue weighted by Crippen LogP contribution is 2.39. The quantitative estimate of drug-likeness (QED) is 0.483. The summed E-state index contributed by atoms with van der Waals surface area (Å²) in [4.78, 5) is 26.4. The van der Waals surface area contributed by atoms with Gasteiger partial charge in [0, 0.05) is 13.0 Å². The lowest BCUT2D eigenvalue weighted by Crippen LogP contribution is -2.67. The van der Waals surface area contributed by atoms with Crippen molar-refractivity contribution in [1.82, 2.24) is 4.90 Å². The Hall–Kier alpha value is -3.42. The first-order valence-electron chi connectivity index (χ1n) is 12.2. The molecule has 0 aliphatic carbocycles. The minimum Gasteiger partial charge on any atom is -0.480 e. The van der Waals surface area contributed by atoms with Gasteiger partial charge in [-0.05, 0) is 21.0 Å². The fourth-order valence-corrected chi connectivity index (χ4v) is 9.75. The van der Waals surface area contributed by atoms with Gasteiger partial charge in [-0.1, -0.05) is 112 Å². The minimum absolute atomic E-state index is 0.0861. The SMILES string of the molecule is CC(C)(C)[Si](O[C@@H]1C[C@H](C(=O)O)N(C(=O)OCc2ccccc2)C1)(c1ccccc1)c1ccccc1. The van der Waals surface area contributed by atoms with Crippen LogP contribution < -0.4 is 10.4 Å². The fraction of sp³-hybridized carbons (Fsp3) is 0.310. The van der Waals surface area contributed by atoms with E-state index in [0.717, 1.165) is 15.9 Å². The van der Waals surface area contributed by atoms with Crippen LogP contribution in [0.5, 0.6) is 0 Å². The van der Waals surface area contributed by atoms with Gasteiger partial charge in [-0.3, -0.25) is 4.90 Å². The molecule has 7 heteroatoms. The third-order valence-corrected chi connectivity index (χ3v) is 11.8. The molecule has 1 aliphatic heterocycles. The van der Waals surface area contributed by atoms with Crippen LogP contribution in [0.15, 0.2) is 91.0 Å². The molecule has 1 saturated heterocycles. The van der Waals surface area contributed by atoms with Crippen LogP contribution in [0, 0.1) is 0 Å². The number of carbonyl (C=O) groups is 2. The van der Waals surface area contributed by atoms with Gasteiger partial charge in [-0.15, -0.1) is 0 Å². The molecule has 0 radical (unpaired) electrons. The molecular formula is C29H33NO5Si. The topological polar surface area (TPSA) is 76.1 Å². The van der Waals surface area contributed by atoms with Crippen molar-refractivity contribution in [1.29, 1.82) is 0 Å². The van der Waals surface area contributed by atoms with Gasteiger partial charge < -0.3 is 14.3 Å². The van der Waals surface area contributed by atoms with Crippen LogP contribution in [-0.4, -0.2) is 49.1 Å². The Bertz CT molecular complexity index is 1130. The minimum atomic E-state index is -2.89. The van der Waals surface area contributed by atoms with Crippen molar-refractivity contribution in [2.24, 2.45) is 0 Å². The number of carbonyl (C=O) groups excluding carboxylic acids is 1. The average Bonchev–Trinajstić information content (AvgIpc) is 3.31. The molecule has 1 fully saturated rings. The van der Waals surface area contributed by atoms with Crippen molar-refractivity contribution in [2.45, 2.75) is 51.0 Å². The lowest BCUT2D eigenvalue weighted by atomic mass is 10.2. The molecule has 0 spiro atoms. The Morgan fingerprint density at radius 2 is 1.39 bits per heavy atom. The van der Waals surface area contributed by atoms with Gasteiger partial charge in [0.25, 0.3) is 8.32 Å². The number of hydrogen-bond donors (Lipinski definition) is 1. The van der Waals surface area contributed by atoms with E-state index in [9.17, 15) is 14.7 Å². The molecule has 1 N–H and O–H groups in total. The van der Waals surface area contributed by atoms with E-state index in [1.54, 1.807) is 0 Å². The molecule has 3 aromatic rings. The molecule has 188 valence electrons. The van der Waals surface area contributed by atoms with Crippen molar-refractivity contribution < 1.29 is 23.9 Å². The van der Waals surface area contributed by atoms with Crippen LogP contribution in [0.1, 0.15) is 32.8 Å². The second-order valence-corrected chi connectivity index (χ2v) is 14.4. The van der Waals surface area contributed by atoms with Crippen molar-refractivity contribution in [2.75, 3.05) is 6.54 Å². The predicted octanol–water partition coefficient (Wildman–Crippen LogP) is 4.43. The second-order valence-electron chi connectivity index (χ2n) is 10.2. The molecule has 0 unspecified atom stereocenters. The highest BCUT2D eigenvalue weighted by atomic mass is 28.4. The van der Waals surface area contributed by atoms with Gasteiger partial charge in [0.1, 0.15) is 12.6 Å². The molecule has 2 atom stereocenters. The number of benzene rings is 3. The van der Waals surface area contributed by atoms with Gasteiger partial charge in [-0.25, -0.2) is 9.59 Å². The average molecular weight is 504 g/mol. The summed E-state index contributed by atoms with van der Waals surface area (Å²) in [6.07, 6.45) is -0.873. The van der Waals surface area contributed by atoms with Crippen molar-refractivity contribution >= 4 is 30.8 Å². The van der Waals surface area contributed by atoms with Crippen LogP contribution in [0.3, 0.4) is 0 Å². The molecule has 1 amide bonds. The highest BCUT2D eigenvalue weighted by Gasteiger charge is 2.53. The number of carboxylic acid groups (broad SMARTS) is 1. The summed E-state index contributed by atoms with van der Waals surface area (Å²) < 4.78 is 12.6. The van der Waals surface area contributed by atoms with Gasteiger partial charge in [0.2, 0.25) is 0 Å². The van der Waals surface area contributed by atoms with E-state index in [4.69, 9.17) is 9.16 Å². The molecule has 6 nitrogen and oxygen atoms in total. The Labute approximate surface area is 213 Å². The first kappa shape index (κ1) is 25.7. The largest absolute Gasteiger partial charge is 0.480 e. The maximum absolute atomic E-state index is 13.0. The van der Waals surface area contributed by atoms with E-state index in [-0.39, 0.29) is 24.6 Å². The summed E-state index contributed by atoms with van der Waals surface area (Å²) in [6, 6.07) is 28.7. The Morgan fingerprint density at radius 1 is 0.889 bits per heavy atom. The van der Waals surface area contributed by atoms with Crippen LogP contribution in [0.25, 0.3) is 0 Å². The molecule has 0 aromatic heterocycles. The Kier molecular flexibility index (Phi) is 7.61. The van der Waals surface area contributed by atoms with Crippen LogP contribution in [0.4, 0.5) is 4.79 Å². The zero-order valence-electron chi connectivity index (χ0n) is 21.0. The van der Waals surface area contributed by atoms with E-state index in [0.29, 0.717) is 0 Å². The number of likely N-dealkylation sites (tertiary alicyclic amines) is 1. The normalized spacial score (nSPS) is 18.1. The third-order valence-electron chi connectivity index (χ3n) is 6.75. The lowest BCUT2D eigenvalue weighted by molar-refractivity contribution is -0.141. The number of nitrogens with zero attached hydrogens (tertiary/aromatic N) is 1. The predicted molar refractivity (Wildman–Crippen MR) is 142 cm³/mol. The van der Waals surface area contributed by atoms with Gasteiger partial charge >= 0.3 is 12.1 Å². The van der Waals surface area contributed by atoms with Gasteiger partial charge in [-0.2, -0.15) is 0 Å². The summed E-state index contributed by atoms with van der Waals surface area (Å²) in [7, 11) is -2.89. The second kappa shape index (κ2) is 10.7. The molecule has 1 aliphatic rings. The van der Waals surface area contributed by atoms with Crippen LogP contribution in [0.2, 0.25) is 5.04 Å². The molecule has 3 aromatic carbocycles. The Balaban J connectivity index is 1.64. The summed E-state index contributed by atoms with van der Waals surface area (Å²) in [5.74, 6) is -1.06. The Morgan fingerprint density at radius 3 is 1.86 bits per heavy atom. The number of aliphatic carboxylic acids is 1. The highest BCUT2D eigenvalue weighted by molar-refractivity contribution is 6.99. The summed E-state index contributed by atoms with van der Waals surface area (Å²) >= 11 is 0. The van der Waals surface area contributed by atoms with Crippen LogP contribution in [-0.2, 0) is 20.6 Å². The van der Waals surface area contributed by atoms with Crippen molar-refractivity contribution in [3.05, 3.63) is 96.6 Å². The number of amides is 1. The maximum Gasteiger partial charge on any atom is 0.410 e. The zero-order valence-corrected chi connectivity index (χ0v) is 22.0. The van der Waals surface area contributed by atoms with Crippen molar-refractivity contribution in [3.63, 3.8) is 0 Å². The zero-order chi connectivity index (χ0) is 25.8. The van der Waals surface area contributed by atoms with Gasteiger partial charge in [0.15, 0.2) is 0 Å². The molecule has 0 saturated carbocycles. The van der Waals surface area contributed by atoms with Gasteiger partial charge in [0.05, 0.1) is 6.10 Å². The van der Waals surface area contributed by atoms with E-state index >= 15 is 0 Å². The van der Waals surface area contributed by atoms with E-state index in [1.807, 2.05) is 66.7 Å². The van der Waals surface area contributed by atoms with E-state index in [1.165, 1.54) is 4.90 Å². The van der Waals surface area contributed by atoms with Crippen molar-refractivity contribution in [3.8, 4) is 0 Å². The molecule has 1 heterocycles. The molecule has 4 rings (SSSR count). The van der Waals surface area contributed by atoms with E-state index in [2.05, 4.69) is 45.0 Å². The molecule has 0 bridgehead atoms. The van der Waals surface area contributed by atoms with Crippen LogP contribution >= 0.6 is 0 Å². The number of rotatable bonds is 7. The smallest absolute Gasteiger partial charge is 0.410 e. The standard InChI is InChI=1S/C29H33NO5Si/c1-29(2,3)36(24-15-9-5-10-16-24,25-17-11-6-12-18-25)35-23-19-26(27(31)32)30(20-23)28(33)34-21-22-13-7-4-8-14-22/h4-18,23,26H,19-21H2,1-3H3,(H,31,32)/t23-,26-/m1/s1. The number of ether oxygens (including phenoxy) is 1. The fourth-order valence-electron chi connectivity index (χ4n) is 5.06. The first-order valence-corrected chi connectivity index (χ1v) is 14.1. The van der Waals surface area contributed by atoms with E-state index < -0.39 is 32.5 Å². The summed E-state index contributed by atoms with van der Waals surface area (Å²) in [5, 5.41) is 11.9. The molecular weight excluding hydrogens is 470 g/mol. The number of carboxylic acids is 1. The summed E-state index contributed by atoms with van der Waals surface area (Å²) in [6.45, 7) is 6.77. The number of hydrogen-bond acceptors (Lipinski definition) is 4. The third kappa shape index (κ3) is 5.22. The molecule has 36 heavy (non-hydrogen) atoms. The monoisotopic (exact) mass is 503 g/mol.